The summed E-state index contributed by atoms with van der Waals surface area (Å²) in [6, 6.07) is -2.80. The van der Waals surface area contributed by atoms with Gasteiger partial charge in [0, 0.05) is 26.0 Å². The third kappa shape index (κ3) is 4.19. The fourth-order valence-corrected chi connectivity index (χ4v) is 3.57. The van der Waals surface area contributed by atoms with Crippen molar-refractivity contribution in [3.8, 4) is 0 Å². The number of carbonyl (C=O) groups excluding carboxylic acids is 2. The molecular formula is C13H20N6O7S. The number of hydroxylamine groups is 3. The summed E-state index contributed by atoms with van der Waals surface area (Å²) in [7, 11) is -3.06. The zero-order valence-corrected chi connectivity index (χ0v) is 15.2. The van der Waals surface area contributed by atoms with Crippen molar-refractivity contribution in [1.82, 2.24) is 25.0 Å². The molecule has 150 valence electrons. The fraction of sp³-hybridized carbons (Fsp3) is 0.615. The molecule has 3 amide bonds. The first-order valence-electron chi connectivity index (χ1n) is 8.08. The van der Waals surface area contributed by atoms with Gasteiger partial charge in [0.25, 0.3) is 5.91 Å². The number of carbonyl (C=O) groups is 2. The molecule has 0 aromatic carbocycles. The molecule has 0 radical (unpaired) electrons. The number of urea groups is 1. The zero-order chi connectivity index (χ0) is 19.8. The maximum absolute atomic E-state index is 12.3. The van der Waals surface area contributed by atoms with Gasteiger partial charge in [0.15, 0.2) is 0 Å². The lowest BCUT2D eigenvalue weighted by Crippen LogP contribution is -2.50. The van der Waals surface area contributed by atoms with Crippen molar-refractivity contribution in [3.05, 3.63) is 18.2 Å². The van der Waals surface area contributed by atoms with E-state index in [9.17, 15) is 18.0 Å². The molecule has 2 aliphatic heterocycles. The number of aromatic nitrogens is 2. The lowest BCUT2D eigenvalue weighted by molar-refractivity contribution is -0.139. The van der Waals surface area contributed by atoms with Crippen LogP contribution in [0.2, 0.25) is 0 Å². The van der Waals surface area contributed by atoms with E-state index in [1.54, 1.807) is 24.0 Å². The molecule has 1 aromatic heterocycles. The molecule has 0 aliphatic carbocycles. The molecule has 1 unspecified atom stereocenters. The quantitative estimate of drug-likeness (QED) is 0.360. The van der Waals surface area contributed by atoms with Crippen LogP contribution in [0.3, 0.4) is 0 Å². The van der Waals surface area contributed by atoms with E-state index in [1.807, 2.05) is 0 Å². The molecule has 0 saturated carbocycles. The average molecular weight is 404 g/mol. The summed E-state index contributed by atoms with van der Waals surface area (Å²) in [5, 5.41) is 0.570. The van der Waals surface area contributed by atoms with E-state index in [0.717, 1.165) is 4.90 Å². The number of rotatable bonds is 7. The first kappa shape index (κ1) is 19.5. The van der Waals surface area contributed by atoms with Crippen molar-refractivity contribution in [2.75, 3.05) is 13.2 Å². The Morgan fingerprint density at radius 2 is 2.26 bits per heavy atom. The van der Waals surface area contributed by atoms with Crippen LogP contribution in [0.25, 0.3) is 0 Å². The van der Waals surface area contributed by atoms with Crippen LogP contribution in [0.4, 0.5) is 4.79 Å². The van der Waals surface area contributed by atoms with E-state index in [0.29, 0.717) is 17.3 Å². The maximum Gasteiger partial charge on any atom is 0.418 e. The van der Waals surface area contributed by atoms with Gasteiger partial charge < -0.3 is 15.2 Å². The number of aryl methyl sites for hydroxylation is 1. The molecule has 2 aliphatic rings. The summed E-state index contributed by atoms with van der Waals surface area (Å²) in [5.41, 5.74) is 8.19. The Morgan fingerprint density at radius 1 is 1.52 bits per heavy atom. The number of nitrogens with zero attached hydrogens (tertiary/aromatic N) is 4. The van der Waals surface area contributed by atoms with Crippen LogP contribution in [-0.4, -0.2) is 69.7 Å². The molecule has 4 N–H and O–H groups in total. The van der Waals surface area contributed by atoms with Gasteiger partial charge in [-0.1, -0.05) is 0 Å². The molecule has 2 saturated heterocycles. The molecule has 2 bridgehead atoms. The highest BCUT2D eigenvalue weighted by molar-refractivity contribution is 7.80. The Bertz CT molecular complexity index is 827. The van der Waals surface area contributed by atoms with Crippen LogP contribution in [0.5, 0.6) is 0 Å². The highest BCUT2D eigenvalue weighted by Gasteiger charge is 2.49. The van der Waals surface area contributed by atoms with E-state index in [2.05, 4.69) is 14.7 Å². The van der Waals surface area contributed by atoms with E-state index in [1.165, 1.54) is 0 Å². The Morgan fingerprint density at radius 3 is 2.89 bits per heavy atom. The minimum atomic E-state index is -4.83. The van der Waals surface area contributed by atoms with Gasteiger partial charge >= 0.3 is 16.4 Å². The first-order chi connectivity index (χ1) is 12.7. The molecule has 3 rings (SSSR count). The number of amides is 3. The van der Waals surface area contributed by atoms with Gasteiger partial charge in [0.05, 0.1) is 18.7 Å². The van der Waals surface area contributed by atoms with Crippen molar-refractivity contribution >= 4 is 22.3 Å². The van der Waals surface area contributed by atoms with Gasteiger partial charge in [-0.2, -0.15) is 13.5 Å². The third-order valence-electron chi connectivity index (χ3n) is 4.43. The summed E-state index contributed by atoms with van der Waals surface area (Å²) in [4.78, 5) is 35.0. The third-order valence-corrected chi connectivity index (χ3v) is 4.77. The Hall–Kier alpha value is -2.26. The number of fused-ring (bicyclic) bond motifs is 2. The first-order valence-corrected chi connectivity index (χ1v) is 9.45. The van der Waals surface area contributed by atoms with Crippen LogP contribution in [-0.2, 0) is 31.4 Å². The lowest BCUT2D eigenvalue weighted by atomic mass is 10.0. The minimum absolute atomic E-state index is 0.0299. The number of hydrogen-bond donors (Lipinski definition) is 3. The largest absolute Gasteiger partial charge is 0.418 e. The molecule has 13 nitrogen and oxygen atoms in total. The molecule has 0 spiro atoms. The highest BCUT2D eigenvalue weighted by Crippen LogP contribution is 2.30. The fourth-order valence-electron chi connectivity index (χ4n) is 3.18. The number of piperidine rings is 1. The summed E-state index contributed by atoms with van der Waals surface area (Å²) in [6.07, 6.45) is 3.92. The molecular weight excluding hydrogens is 384 g/mol. The van der Waals surface area contributed by atoms with Crippen LogP contribution in [0.1, 0.15) is 24.7 Å². The molecule has 3 heterocycles. The number of hydrogen-bond acceptors (Lipinski definition) is 8. The normalized spacial score (nSPS) is 23.6. The van der Waals surface area contributed by atoms with Gasteiger partial charge in [-0.3, -0.25) is 14.2 Å². The van der Waals surface area contributed by atoms with Crippen molar-refractivity contribution in [2.45, 2.75) is 31.0 Å². The average Bonchev–Trinajstić information content (AvgIpc) is 3.11. The Balaban J connectivity index is 1.54. The van der Waals surface area contributed by atoms with Crippen molar-refractivity contribution in [2.24, 2.45) is 12.8 Å². The van der Waals surface area contributed by atoms with Crippen molar-refractivity contribution in [1.29, 1.82) is 0 Å². The van der Waals surface area contributed by atoms with E-state index in [-0.39, 0.29) is 19.6 Å². The van der Waals surface area contributed by atoms with Gasteiger partial charge in [0.1, 0.15) is 11.9 Å². The van der Waals surface area contributed by atoms with Crippen LogP contribution >= 0.6 is 0 Å². The topological polar surface area (TPSA) is 169 Å². The predicted octanol–water partition coefficient (Wildman–Crippen LogP) is -1.53. The van der Waals surface area contributed by atoms with Crippen molar-refractivity contribution < 1.29 is 31.7 Å². The van der Waals surface area contributed by atoms with Crippen LogP contribution in [0, 0.1) is 0 Å². The smallest absolute Gasteiger partial charge is 0.337 e. The summed E-state index contributed by atoms with van der Waals surface area (Å²) < 4.78 is 36.5. The predicted molar refractivity (Wildman–Crippen MR) is 87.6 cm³/mol. The van der Waals surface area contributed by atoms with Gasteiger partial charge in [-0.05, 0) is 12.8 Å². The van der Waals surface area contributed by atoms with E-state index < -0.39 is 40.5 Å². The SMILES string of the molecule is Cn1ccnc1C(N)CONC(=O)[C@@H]1CC[C@@H]2CN1C(=O)N2OS(=O)(=O)O. The number of imidazole rings is 1. The lowest BCUT2D eigenvalue weighted by Gasteiger charge is -2.29. The Labute approximate surface area is 154 Å². The second kappa shape index (κ2) is 7.40. The number of nitrogens with two attached hydrogens (primary N) is 1. The highest BCUT2D eigenvalue weighted by atomic mass is 32.3. The van der Waals surface area contributed by atoms with Gasteiger partial charge in [-0.25, -0.2) is 15.3 Å². The molecule has 3 atom stereocenters. The summed E-state index contributed by atoms with van der Waals surface area (Å²) in [5.74, 6) is 0.0139. The second-order valence-electron chi connectivity index (χ2n) is 6.29. The van der Waals surface area contributed by atoms with Crippen LogP contribution < -0.4 is 11.2 Å². The summed E-state index contributed by atoms with van der Waals surface area (Å²) >= 11 is 0. The van der Waals surface area contributed by atoms with Crippen molar-refractivity contribution in [3.63, 3.8) is 0 Å². The monoisotopic (exact) mass is 404 g/mol. The molecule has 1 aromatic rings. The minimum Gasteiger partial charge on any atom is -0.337 e. The van der Waals surface area contributed by atoms with Gasteiger partial charge in [-0.15, -0.1) is 4.28 Å². The maximum atomic E-state index is 12.3. The van der Waals surface area contributed by atoms with Gasteiger partial charge in [0.2, 0.25) is 0 Å². The van der Waals surface area contributed by atoms with E-state index >= 15 is 0 Å². The Kier molecular flexibility index (Phi) is 5.34. The van der Waals surface area contributed by atoms with Crippen LogP contribution in [0.15, 0.2) is 12.4 Å². The molecule has 2 fully saturated rings. The standard InChI is InChI=1S/C13H20N6O7S/c1-17-5-4-15-11(17)9(14)7-25-16-12(20)10-3-2-8-6-18(10)13(21)19(8)26-27(22,23)24/h4-5,8-10H,2-3,6-7,14H2,1H3,(H,16,20)(H,22,23,24)/t8-,9?,10+/m1/s1. The molecule has 14 heteroatoms. The summed E-state index contributed by atoms with van der Waals surface area (Å²) in [6.45, 7) is 0.0666. The zero-order valence-electron chi connectivity index (χ0n) is 14.4. The van der Waals surface area contributed by atoms with E-state index in [4.69, 9.17) is 15.1 Å². The number of nitrogens with one attached hydrogen (secondary N) is 1. The second-order valence-corrected chi connectivity index (χ2v) is 7.29. The molecule has 27 heavy (non-hydrogen) atoms.